The van der Waals surface area contributed by atoms with Crippen molar-refractivity contribution in [1.82, 2.24) is 10.6 Å². The molecule has 0 saturated carbocycles. The van der Waals surface area contributed by atoms with Crippen molar-refractivity contribution in [2.45, 2.75) is 37.0 Å². The number of hydrogen-bond acceptors (Lipinski definition) is 3. The molecule has 0 spiro atoms. The van der Waals surface area contributed by atoms with E-state index in [0.717, 1.165) is 36.0 Å². The largest absolute Gasteiger partial charge is 0.398 e. The molecule has 0 heterocycles. The highest BCUT2D eigenvalue weighted by Gasteiger charge is 2.38. The van der Waals surface area contributed by atoms with E-state index in [1.807, 2.05) is 54.6 Å². The highest BCUT2D eigenvalue weighted by atomic mass is 32.2. The lowest BCUT2D eigenvalue weighted by molar-refractivity contribution is -0.122. The quantitative estimate of drug-likeness (QED) is 0.144. The van der Waals surface area contributed by atoms with Gasteiger partial charge in [-0.2, -0.15) is 0 Å². The van der Waals surface area contributed by atoms with Crippen LogP contribution in [0.3, 0.4) is 0 Å². The standard InChI is InChI=1S/C28H31FN2O2S/c1-2-3-13-20-30-26(32)25(31-27(29)33)21-34-28(22-14-7-4-8-15-22,23-16-9-5-10-17-23)24-18-11-6-12-19-24/h4-12,14-19,25H,2-3,13,20-21H2,1H3,(H,30,32)(H,31,33). The van der Waals surface area contributed by atoms with Gasteiger partial charge in [-0.15, -0.1) is 16.2 Å². The fourth-order valence-corrected chi connectivity index (χ4v) is 5.57. The molecule has 6 heteroatoms. The molecule has 34 heavy (non-hydrogen) atoms. The van der Waals surface area contributed by atoms with Gasteiger partial charge in [-0.25, -0.2) is 4.79 Å². The second kappa shape index (κ2) is 12.9. The lowest BCUT2D eigenvalue weighted by Gasteiger charge is -2.36. The third-order valence-corrected chi connectivity index (χ3v) is 7.33. The van der Waals surface area contributed by atoms with Crippen molar-refractivity contribution in [3.8, 4) is 0 Å². The van der Waals surface area contributed by atoms with Crippen LogP contribution in [0.2, 0.25) is 0 Å². The average Bonchev–Trinajstić information content (AvgIpc) is 2.88. The molecule has 2 N–H and O–H groups in total. The molecule has 3 aromatic carbocycles. The van der Waals surface area contributed by atoms with Crippen LogP contribution < -0.4 is 10.6 Å². The highest BCUT2D eigenvalue weighted by molar-refractivity contribution is 8.00. The zero-order chi connectivity index (χ0) is 24.2. The van der Waals surface area contributed by atoms with Gasteiger partial charge in [0.2, 0.25) is 5.91 Å². The molecule has 0 aliphatic rings. The molecule has 0 radical (unpaired) electrons. The lowest BCUT2D eigenvalue weighted by Crippen LogP contribution is -2.48. The Hall–Kier alpha value is -3.12. The minimum absolute atomic E-state index is 0.188. The second-order valence-electron chi connectivity index (χ2n) is 8.06. The van der Waals surface area contributed by atoms with Crippen molar-refractivity contribution in [3.63, 3.8) is 0 Å². The van der Waals surface area contributed by atoms with Crippen LogP contribution in [-0.4, -0.2) is 30.4 Å². The van der Waals surface area contributed by atoms with Gasteiger partial charge in [-0.1, -0.05) is 111 Å². The summed E-state index contributed by atoms with van der Waals surface area (Å²) in [5.74, 6) is -0.189. The zero-order valence-electron chi connectivity index (χ0n) is 19.4. The molecule has 3 aromatic rings. The molecule has 0 aliphatic heterocycles. The van der Waals surface area contributed by atoms with Gasteiger partial charge in [0.1, 0.15) is 6.04 Å². The van der Waals surface area contributed by atoms with Crippen LogP contribution >= 0.6 is 11.8 Å². The topological polar surface area (TPSA) is 58.2 Å². The number of amides is 2. The van der Waals surface area contributed by atoms with E-state index in [1.54, 1.807) is 0 Å². The van der Waals surface area contributed by atoms with Gasteiger partial charge in [0, 0.05) is 12.3 Å². The molecule has 0 aromatic heterocycles. The van der Waals surface area contributed by atoms with E-state index in [2.05, 4.69) is 54.0 Å². The van der Waals surface area contributed by atoms with Gasteiger partial charge in [0.25, 0.3) is 0 Å². The smallest absolute Gasteiger partial charge is 0.354 e. The van der Waals surface area contributed by atoms with Gasteiger partial charge < -0.3 is 10.6 Å². The number of halogens is 1. The Kier molecular flexibility index (Phi) is 9.71. The number of rotatable bonds is 12. The number of unbranched alkanes of at least 4 members (excludes halogenated alkanes) is 2. The van der Waals surface area contributed by atoms with Crippen LogP contribution in [-0.2, 0) is 9.54 Å². The van der Waals surface area contributed by atoms with Crippen molar-refractivity contribution >= 4 is 23.8 Å². The highest BCUT2D eigenvalue weighted by Crippen LogP contribution is 2.48. The maximum atomic E-state index is 13.4. The second-order valence-corrected chi connectivity index (χ2v) is 9.29. The van der Waals surface area contributed by atoms with E-state index in [9.17, 15) is 14.0 Å². The Morgan fingerprint density at radius 3 is 1.71 bits per heavy atom. The Balaban J connectivity index is 1.99. The van der Waals surface area contributed by atoms with Gasteiger partial charge >= 0.3 is 6.16 Å². The van der Waals surface area contributed by atoms with Gasteiger partial charge in [-0.3, -0.25) is 4.79 Å². The first-order chi connectivity index (χ1) is 16.6. The van der Waals surface area contributed by atoms with E-state index in [1.165, 1.54) is 11.8 Å². The maximum Gasteiger partial charge on any atom is 0.398 e. The number of carbonyl (C=O) groups is 2. The maximum absolute atomic E-state index is 13.4. The third-order valence-electron chi connectivity index (χ3n) is 5.69. The van der Waals surface area contributed by atoms with Crippen molar-refractivity contribution in [3.05, 3.63) is 108 Å². The summed E-state index contributed by atoms with van der Waals surface area (Å²) in [7, 11) is 0. The predicted octanol–water partition coefficient (Wildman–Crippen LogP) is 6.07. The number of thioether (sulfide) groups is 1. The van der Waals surface area contributed by atoms with Crippen molar-refractivity contribution in [1.29, 1.82) is 0 Å². The summed E-state index contributed by atoms with van der Waals surface area (Å²) in [4.78, 5) is 24.2. The summed E-state index contributed by atoms with van der Waals surface area (Å²) < 4.78 is 12.7. The molecule has 1 atom stereocenters. The Labute approximate surface area is 205 Å². The van der Waals surface area contributed by atoms with Gasteiger partial charge in [-0.05, 0) is 23.1 Å². The van der Waals surface area contributed by atoms with Crippen LogP contribution in [0.4, 0.5) is 9.18 Å². The first-order valence-electron chi connectivity index (χ1n) is 11.6. The van der Waals surface area contributed by atoms with E-state index >= 15 is 0 Å². The SMILES string of the molecule is CCCCCNC(=O)C(CSC(c1ccccc1)(c1ccccc1)c1ccccc1)NC(=O)F. The summed E-state index contributed by atoms with van der Waals surface area (Å²) in [5.41, 5.74) is 3.10. The minimum Gasteiger partial charge on any atom is -0.354 e. The van der Waals surface area contributed by atoms with E-state index < -0.39 is 16.9 Å². The van der Waals surface area contributed by atoms with Crippen LogP contribution in [0.1, 0.15) is 42.9 Å². The number of benzene rings is 3. The first-order valence-corrected chi connectivity index (χ1v) is 12.6. The lowest BCUT2D eigenvalue weighted by atomic mass is 9.84. The van der Waals surface area contributed by atoms with Gasteiger partial charge in [0.05, 0.1) is 4.75 Å². The summed E-state index contributed by atoms with van der Waals surface area (Å²) >= 11 is 1.51. The third kappa shape index (κ3) is 6.48. The molecule has 0 fully saturated rings. The molecule has 4 nitrogen and oxygen atoms in total. The molecule has 2 amide bonds. The summed E-state index contributed by atoms with van der Waals surface area (Å²) in [6.45, 7) is 2.58. The van der Waals surface area contributed by atoms with Crippen molar-refractivity contribution in [2.24, 2.45) is 0 Å². The first kappa shape index (κ1) is 25.5. The monoisotopic (exact) mass is 478 g/mol. The normalized spacial score (nSPS) is 12.1. The van der Waals surface area contributed by atoms with Crippen LogP contribution in [0.15, 0.2) is 91.0 Å². The van der Waals surface area contributed by atoms with Gasteiger partial charge in [0.15, 0.2) is 0 Å². The van der Waals surface area contributed by atoms with E-state index in [0.29, 0.717) is 6.54 Å². The molecule has 3 rings (SSSR count). The average molecular weight is 479 g/mol. The minimum atomic E-state index is -1.71. The summed E-state index contributed by atoms with van der Waals surface area (Å²) in [5, 5.41) is 5.05. The van der Waals surface area contributed by atoms with Crippen molar-refractivity contribution < 1.29 is 14.0 Å². The molecular formula is C28H31FN2O2S. The molecule has 0 bridgehead atoms. The molecular weight excluding hydrogens is 447 g/mol. The number of carbonyl (C=O) groups excluding carboxylic acids is 2. The molecule has 1 unspecified atom stereocenters. The fourth-order valence-electron chi connectivity index (χ4n) is 4.01. The Morgan fingerprint density at radius 1 is 0.824 bits per heavy atom. The van der Waals surface area contributed by atoms with E-state index in [4.69, 9.17) is 0 Å². The van der Waals surface area contributed by atoms with Crippen LogP contribution in [0.5, 0.6) is 0 Å². The molecule has 0 aliphatic carbocycles. The van der Waals surface area contributed by atoms with E-state index in [-0.39, 0.29) is 11.7 Å². The predicted molar refractivity (Wildman–Crippen MR) is 138 cm³/mol. The van der Waals surface area contributed by atoms with Crippen LogP contribution in [0.25, 0.3) is 0 Å². The Morgan fingerprint density at radius 2 is 1.29 bits per heavy atom. The zero-order valence-corrected chi connectivity index (χ0v) is 20.2. The Bertz CT molecular complexity index is 935. The summed E-state index contributed by atoms with van der Waals surface area (Å²) in [6, 6.07) is 29.1. The van der Waals surface area contributed by atoms with Crippen molar-refractivity contribution in [2.75, 3.05) is 12.3 Å². The van der Waals surface area contributed by atoms with Crippen LogP contribution in [0, 0.1) is 0 Å². The molecule has 0 saturated heterocycles. The number of nitrogens with one attached hydrogen (secondary N) is 2. The summed E-state index contributed by atoms with van der Waals surface area (Å²) in [6.07, 6.45) is 1.16. The molecule has 178 valence electrons. The fraction of sp³-hybridized carbons (Fsp3) is 0.286. The number of hydrogen-bond donors (Lipinski definition) is 2.